The molecule has 0 bridgehead atoms. The zero-order chi connectivity index (χ0) is 20.0. The Labute approximate surface area is 156 Å². The highest BCUT2D eigenvalue weighted by molar-refractivity contribution is 5.85. The molecule has 0 aliphatic carbocycles. The Morgan fingerprint density at radius 1 is 1.00 bits per heavy atom. The highest BCUT2D eigenvalue weighted by Gasteiger charge is 2.32. The molecule has 1 saturated heterocycles. The van der Waals surface area contributed by atoms with Crippen LogP contribution in [0.5, 0.6) is 28.7 Å². The Morgan fingerprint density at radius 3 is 2.50 bits per heavy atom. The van der Waals surface area contributed by atoms with Crippen molar-refractivity contribution < 1.29 is 39.1 Å². The van der Waals surface area contributed by atoms with E-state index in [2.05, 4.69) is 0 Å². The second-order valence-electron chi connectivity index (χ2n) is 6.19. The van der Waals surface area contributed by atoms with Crippen molar-refractivity contribution in [2.75, 3.05) is 6.61 Å². The lowest BCUT2D eigenvalue weighted by Gasteiger charge is -2.15. The van der Waals surface area contributed by atoms with E-state index >= 15 is 0 Å². The van der Waals surface area contributed by atoms with Crippen molar-refractivity contribution in [3.63, 3.8) is 0 Å². The Balaban J connectivity index is 2.01. The first kappa shape index (κ1) is 17.5. The molecule has 1 unspecified atom stereocenters. The molecule has 3 aromatic rings. The standard InChI is InChI=1S/C19H14O9/c20-8-1-2-10-14(7-8)28-17(11-5-9(21)6-12(22)15(11)23)18(16(10)24)27-13-3-4-26-19(13)25/h1-2,5-7,13,20-23H,3-4H2. The van der Waals surface area contributed by atoms with Crippen LogP contribution in [0.15, 0.2) is 39.5 Å². The number of carbonyl (C=O) groups excluding carboxylic acids is 1. The third-order valence-electron chi connectivity index (χ3n) is 4.30. The summed E-state index contributed by atoms with van der Waals surface area (Å²) in [6.45, 7) is 0.129. The van der Waals surface area contributed by atoms with E-state index in [4.69, 9.17) is 13.9 Å². The molecule has 144 valence electrons. The molecule has 1 aliphatic rings. The molecule has 1 aliphatic heterocycles. The summed E-state index contributed by atoms with van der Waals surface area (Å²) in [5, 5.41) is 39.5. The molecule has 28 heavy (non-hydrogen) atoms. The molecule has 0 spiro atoms. The number of carbonyl (C=O) groups is 1. The second-order valence-corrected chi connectivity index (χ2v) is 6.19. The van der Waals surface area contributed by atoms with Gasteiger partial charge in [0.05, 0.1) is 17.6 Å². The summed E-state index contributed by atoms with van der Waals surface area (Å²) in [5.41, 5.74) is -0.928. The van der Waals surface area contributed by atoms with Gasteiger partial charge in [0.2, 0.25) is 11.2 Å². The van der Waals surface area contributed by atoms with Crippen molar-refractivity contribution in [3.8, 4) is 40.1 Å². The molecule has 1 atom stereocenters. The predicted molar refractivity (Wildman–Crippen MR) is 94.6 cm³/mol. The Hall–Kier alpha value is -3.88. The quantitative estimate of drug-likeness (QED) is 0.301. The van der Waals surface area contributed by atoms with Gasteiger partial charge in [-0.05, 0) is 18.2 Å². The van der Waals surface area contributed by atoms with Gasteiger partial charge in [0, 0.05) is 18.6 Å². The number of cyclic esters (lactones) is 1. The van der Waals surface area contributed by atoms with Crippen LogP contribution in [-0.4, -0.2) is 39.1 Å². The van der Waals surface area contributed by atoms with Gasteiger partial charge in [0.1, 0.15) is 17.1 Å². The number of aromatic hydroxyl groups is 4. The van der Waals surface area contributed by atoms with Crippen LogP contribution in [0.1, 0.15) is 6.42 Å². The molecule has 0 amide bonds. The maximum atomic E-state index is 13.0. The summed E-state index contributed by atoms with van der Waals surface area (Å²) >= 11 is 0. The zero-order valence-electron chi connectivity index (χ0n) is 14.2. The topological polar surface area (TPSA) is 147 Å². The highest BCUT2D eigenvalue weighted by Crippen LogP contribution is 2.43. The van der Waals surface area contributed by atoms with Crippen molar-refractivity contribution in [2.45, 2.75) is 12.5 Å². The molecule has 2 heterocycles. The molecule has 9 heteroatoms. The molecule has 0 radical (unpaired) electrons. The highest BCUT2D eigenvalue weighted by atomic mass is 16.6. The molecular weight excluding hydrogens is 372 g/mol. The predicted octanol–water partition coefficient (Wildman–Crippen LogP) is 1.98. The number of esters is 1. The zero-order valence-corrected chi connectivity index (χ0v) is 14.2. The SMILES string of the molecule is O=C1OCCC1Oc1c(-c2cc(O)cc(O)c2O)oc2cc(O)ccc2c1=O. The summed E-state index contributed by atoms with van der Waals surface area (Å²) in [5.74, 6) is -3.28. The molecule has 4 N–H and O–H groups in total. The number of phenolic OH excluding ortho intramolecular Hbond substituents is 4. The summed E-state index contributed by atoms with van der Waals surface area (Å²) in [7, 11) is 0. The molecular formula is C19H14O9. The van der Waals surface area contributed by atoms with Gasteiger partial charge in [-0.1, -0.05) is 0 Å². The van der Waals surface area contributed by atoms with Crippen LogP contribution in [-0.2, 0) is 9.53 Å². The van der Waals surface area contributed by atoms with Crippen LogP contribution in [0.25, 0.3) is 22.3 Å². The fourth-order valence-corrected chi connectivity index (χ4v) is 2.95. The third-order valence-corrected chi connectivity index (χ3v) is 4.30. The fraction of sp³-hybridized carbons (Fsp3) is 0.158. The average molecular weight is 386 g/mol. The number of ether oxygens (including phenoxy) is 2. The van der Waals surface area contributed by atoms with Crippen molar-refractivity contribution in [1.29, 1.82) is 0 Å². The molecule has 4 rings (SSSR count). The lowest BCUT2D eigenvalue weighted by Crippen LogP contribution is -2.25. The third kappa shape index (κ3) is 2.82. The van der Waals surface area contributed by atoms with Gasteiger partial charge >= 0.3 is 5.97 Å². The number of rotatable bonds is 3. The van der Waals surface area contributed by atoms with Crippen molar-refractivity contribution in [2.24, 2.45) is 0 Å². The van der Waals surface area contributed by atoms with E-state index in [-0.39, 0.29) is 41.1 Å². The van der Waals surface area contributed by atoms with E-state index in [0.29, 0.717) is 0 Å². The normalized spacial score (nSPS) is 16.3. The Morgan fingerprint density at radius 2 is 1.79 bits per heavy atom. The van der Waals surface area contributed by atoms with E-state index in [1.165, 1.54) is 18.2 Å². The molecule has 1 fully saturated rings. The number of phenols is 4. The molecule has 2 aromatic carbocycles. The van der Waals surface area contributed by atoms with Gasteiger partial charge in [-0.2, -0.15) is 0 Å². The van der Waals surface area contributed by atoms with Crippen LogP contribution in [0.4, 0.5) is 0 Å². The fourth-order valence-electron chi connectivity index (χ4n) is 2.95. The van der Waals surface area contributed by atoms with Crippen molar-refractivity contribution in [3.05, 3.63) is 40.6 Å². The first-order valence-corrected chi connectivity index (χ1v) is 8.23. The minimum Gasteiger partial charge on any atom is -0.508 e. The minimum absolute atomic E-state index is 0.0245. The number of hydrogen-bond acceptors (Lipinski definition) is 9. The molecule has 0 saturated carbocycles. The summed E-state index contributed by atoms with van der Waals surface area (Å²) in [6.07, 6.45) is -0.841. The summed E-state index contributed by atoms with van der Waals surface area (Å²) in [6, 6.07) is 5.75. The van der Waals surface area contributed by atoms with Crippen LogP contribution in [0.3, 0.4) is 0 Å². The summed E-state index contributed by atoms with van der Waals surface area (Å²) in [4.78, 5) is 24.8. The second kappa shape index (κ2) is 6.38. The largest absolute Gasteiger partial charge is 0.508 e. The first-order valence-electron chi connectivity index (χ1n) is 8.23. The lowest BCUT2D eigenvalue weighted by molar-refractivity contribution is -0.143. The minimum atomic E-state index is -1.05. The summed E-state index contributed by atoms with van der Waals surface area (Å²) < 4.78 is 16.0. The van der Waals surface area contributed by atoms with Gasteiger partial charge in [0.25, 0.3) is 0 Å². The van der Waals surface area contributed by atoms with E-state index in [1.807, 2.05) is 0 Å². The molecule has 1 aromatic heterocycles. The Bertz CT molecular complexity index is 1160. The average Bonchev–Trinajstić information content (AvgIpc) is 3.05. The van der Waals surface area contributed by atoms with Gasteiger partial charge in [-0.3, -0.25) is 4.79 Å². The van der Waals surface area contributed by atoms with Crippen LogP contribution >= 0.6 is 0 Å². The lowest BCUT2D eigenvalue weighted by atomic mass is 10.1. The monoisotopic (exact) mass is 386 g/mol. The van der Waals surface area contributed by atoms with Crippen LogP contribution < -0.4 is 10.2 Å². The molecule has 9 nitrogen and oxygen atoms in total. The van der Waals surface area contributed by atoms with Gasteiger partial charge < -0.3 is 34.3 Å². The van der Waals surface area contributed by atoms with Crippen LogP contribution in [0, 0.1) is 0 Å². The van der Waals surface area contributed by atoms with Crippen LogP contribution in [0.2, 0.25) is 0 Å². The maximum absolute atomic E-state index is 13.0. The first-order chi connectivity index (χ1) is 13.3. The number of hydrogen-bond donors (Lipinski definition) is 4. The van der Waals surface area contributed by atoms with Gasteiger partial charge in [-0.15, -0.1) is 0 Å². The maximum Gasteiger partial charge on any atom is 0.347 e. The Kier molecular flexibility index (Phi) is 3.99. The van der Waals surface area contributed by atoms with Crippen molar-refractivity contribution >= 4 is 16.9 Å². The van der Waals surface area contributed by atoms with E-state index in [9.17, 15) is 30.0 Å². The van der Waals surface area contributed by atoms with Crippen molar-refractivity contribution in [1.82, 2.24) is 0 Å². The van der Waals surface area contributed by atoms with E-state index < -0.39 is 40.5 Å². The smallest absolute Gasteiger partial charge is 0.347 e. The van der Waals surface area contributed by atoms with E-state index in [0.717, 1.165) is 12.1 Å². The van der Waals surface area contributed by atoms with E-state index in [1.54, 1.807) is 0 Å². The number of benzene rings is 2. The number of fused-ring (bicyclic) bond motifs is 1. The van der Waals surface area contributed by atoms with Gasteiger partial charge in [0.15, 0.2) is 23.4 Å². The van der Waals surface area contributed by atoms with Gasteiger partial charge in [-0.25, -0.2) is 4.79 Å².